The van der Waals surface area contributed by atoms with Crippen LogP contribution in [0.15, 0.2) is 28.8 Å². The van der Waals surface area contributed by atoms with Gasteiger partial charge in [0.2, 0.25) is 5.89 Å². The summed E-state index contributed by atoms with van der Waals surface area (Å²) in [5.74, 6) is 1.86. The highest BCUT2D eigenvalue weighted by Gasteiger charge is 2.34. The average Bonchev–Trinajstić information content (AvgIpc) is 3.15. The van der Waals surface area contributed by atoms with Crippen LogP contribution in [0, 0.1) is 6.92 Å². The molecule has 1 unspecified atom stereocenters. The number of benzene rings is 1. The van der Waals surface area contributed by atoms with Gasteiger partial charge in [-0.05, 0) is 57.9 Å². The molecule has 1 aliphatic rings. The first-order valence-electron chi connectivity index (χ1n) is 7.92. The topological polar surface area (TPSA) is 68.5 Å². The molecule has 1 saturated heterocycles. The molecule has 0 bridgehead atoms. The van der Waals surface area contributed by atoms with Crippen molar-refractivity contribution in [1.82, 2.24) is 15.0 Å². The third-order valence-corrected chi connectivity index (χ3v) is 3.82. The summed E-state index contributed by atoms with van der Waals surface area (Å²) in [6.45, 7) is 6.43. The standard InChI is InChI=1S/C17H21N3O3/c1-11(2)22-14-8-6-13(7-9-14)17(21)20-10-4-5-15(20)16-18-12(3)19-23-16/h6-9,11,15H,4-5,10H2,1-3H3. The number of carbonyl (C=O) groups excluding carboxylic acids is 1. The van der Waals surface area contributed by atoms with E-state index in [1.807, 2.05) is 30.9 Å². The van der Waals surface area contributed by atoms with Crippen molar-refractivity contribution in [3.63, 3.8) is 0 Å². The summed E-state index contributed by atoms with van der Waals surface area (Å²) in [5.41, 5.74) is 0.643. The summed E-state index contributed by atoms with van der Waals surface area (Å²) in [6.07, 6.45) is 1.90. The van der Waals surface area contributed by atoms with E-state index in [1.54, 1.807) is 19.1 Å². The Bertz CT molecular complexity index is 679. The molecule has 1 fully saturated rings. The van der Waals surface area contributed by atoms with Crippen molar-refractivity contribution < 1.29 is 14.1 Å². The Kier molecular flexibility index (Phi) is 4.32. The minimum atomic E-state index is -0.129. The van der Waals surface area contributed by atoms with Gasteiger partial charge in [0.25, 0.3) is 5.91 Å². The molecule has 1 aliphatic heterocycles. The number of nitrogens with zero attached hydrogens (tertiary/aromatic N) is 3. The number of hydrogen-bond acceptors (Lipinski definition) is 5. The minimum absolute atomic E-state index is 0.0144. The van der Waals surface area contributed by atoms with Crippen LogP contribution < -0.4 is 4.74 Å². The first-order chi connectivity index (χ1) is 11.0. The van der Waals surface area contributed by atoms with E-state index >= 15 is 0 Å². The fourth-order valence-corrected chi connectivity index (χ4v) is 2.83. The van der Waals surface area contributed by atoms with Crippen molar-refractivity contribution >= 4 is 5.91 Å². The van der Waals surface area contributed by atoms with E-state index in [2.05, 4.69) is 10.1 Å². The van der Waals surface area contributed by atoms with Gasteiger partial charge in [0.1, 0.15) is 11.8 Å². The maximum atomic E-state index is 12.8. The summed E-state index contributed by atoms with van der Waals surface area (Å²) in [4.78, 5) is 18.9. The fourth-order valence-electron chi connectivity index (χ4n) is 2.83. The van der Waals surface area contributed by atoms with Crippen LogP contribution in [0.1, 0.15) is 54.8 Å². The van der Waals surface area contributed by atoms with Crippen LogP contribution >= 0.6 is 0 Å². The molecule has 1 aromatic carbocycles. The number of likely N-dealkylation sites (tertiary alicyclic amines) is 1. The highest BCUT2D eigenvalue weighted by Crippen LogP contribution is 2.32. The molecule has 23 heavy (non-hydrogen) atoms. The smallest absolute Gasteiger partial charge is 0.254 e. The van der Waals surface area contributed by atoms with E-state index in [1.165, 1.54) is 0 Å². The van der Waals surface area contributed by atoms with Gasteiger partial charge in [0.15, 0.2) is 5.82 Å². The molecule has 0 radical (unpaired) electrons. The Balaban J connectivity index is 1.76. The van der Waals surface area contributed by atoms with E-state index in [9.17, 15) is 4.79 Å². The van der Waals surface area contributed by atoms with Crippen molar-refractivity contribution in [2.45, 2.75) is 45.8 Å². The second-order valence-corrected chi connectivity index (χ2v) is 6.03. The van der Waals surface area contributed by atoms with E-state index in [-0.39, 0.29) is 18.1 Å². The first kappa shape index (κ1) is 15.5. The number of aryl methyl sites for hydroxylation is 1. The molecule has 0 N–H and O–H groups in total. The lowest BCUT2D eigenvalue weighted by molar-refractivity contribution is 0.0710. The molecule has 2 aromatic rings. The van der Waals surface area contributed by atoms with Gasteiger partial charge in [0, 0.05) is 12.1 Å². The Hall–Kier alpha value is -2.37. The van der Waals surface area contributed by atoms with Gasteiger partial charge >= 0.3 is 0 Å². The second-order valence-electron chi connectivity index (χ2n) is 6.03. The van der Waals surface area contributed by atoms with Crippen LogP contribution in [0.3, 0.4) is 0 Å². The lowest BCUT2D eigenvalue weighted by Crippen LogP contribution is -2.30. The second kappa shape index (κ2) is 6.40. The fraction of sp³-hybridized carbons (Fsp3) is 0.471. The zero-order chi connectivity index (χ0) is 16.4. The molecule has 1 atom stereocenters. The molecule has 6 heteroatoms. The highest BCUT2D eigenvalue weighted by atomic mass is 16.5. The molecule has 0 saturated carbocycles. The Morgan fingerprint density at radius 2 is 2.09 bits per heavy atom. The highest BCUT2D eigenvalue weighted by molar-refractivity contribution is 5.94. The third kappa shape index (κ3) is 3.36. The summed E-state index contributed by atoms with van der Waals surface area (Å²) in [5, 5.41) is 3.83. The number of rotatable bonds is 4. The summed E-state index contributed by atoms with van der Waals surface area (Å²) in [6, 6.07) is 7.13. The predicted molar refractivity (Wildman–Crippen MR) is 84.3 cm³/mol. The number of hydrogen-bond donors (Lipinski definition) is 0. The normalized spacial score (nSPS) is 17.7. The van der Waals surface area contributed by atoms with Gasteiger partial charge in [-0.15, -0.1) is 0 Å². The van der Waals surface area contributed by atoms with Crippen molar-refractivity contribution in [2.24, 2.45) is 0 Å². The van der Waals surface area contributed by atoms with E-state index in [0.29, 0.717) is 23.8 Å². The lowest BCUT2D eigenvalue weighted by Gasteiger charge is -2.22. The molecule has 3 rings (SSSR count). The number of aromatic nitrogens is 2. The molecule has 0 aliphatic carbocycles. The lowest BCUT2D eigenvalue weighted by atomic mass is 10.1. The van der Waals surface area contributed by atoms with Crippen LogP contribution in [0.2, 0.25) is 0 Å². The van der Waals surface area contributed by atoms with Crippen LogP contribution in [-0.4, -0.2) is 33.6 Å². The van der Waals surface area contributed by atoms with Crippen LogP contribution in [-0.2, 0) is 0 Å². The zero-order valence-electron chi connectivity index (χ0n) is 13.7. The molecular weight excluding hydrogens is 294 g/mol. The Morgan fingerprint density at radius 1 is 1.35 bits per heavy atom. The molecule has 6 nitrogen and oxygen atoms in total. The third-order valence-electron chi connectivity index (χ3n) is 3.82. The predicted octanol–water partition coefficient (Wildman–Crippen LogP) is 3.14. The summed E-state index contributed by atoms with van der Waals surface area (Å²) < 4.78 is 10.9. The van der Waals surface area contributed by atoms with E-state index in [0.717, 1.165) is 18.6 Å². The number of amides is 1. The van der Waals surface area contributed by atoms with Crippen molar-refractivity contribution in [1.29, 1.82) is 0 Å². The van der Waals surface area contributed by atoms with Crippen LogP contribution in [0.25, 0.3) is 0 Å². The largest absolute Gasteiger partial charge is 0.491 e. The van der Waals surface area contributed by atoms with Gasteiger partial charge in [-0.2, -0.15) is 4.98 Å². The average molecular weight is 315 g/mol. The van der Waals surface area contributed by atoms with Gasteiger partial charge in [0.05, 0.1) is 6.10 Å². The molecular formula is C17H21N3O3. The maximum Gasteiger partial charge on any atom is 0.254 e. The quantitative estimate of drug-likeness (QED) is 0.867. The van der Waals surface area contributed by atoms with E-state index in [4.69, 9.17) is 9.26 Å². The van der Waals surface area contributed by atoms with Gasteiger partial charge in [-0.1, -0.05) is 5.16 Å². The van der Waals surface area contributed by atoms with Gasteiger partial charge in [-0.3, -0.25) is 4.79 Å². The monoisotopic (exact) mass is 315 g/mol. The summed E-state index contributed by atoms with van der Waals surface area (Å²) in [7, 11) is 0. The first-order valence-corrected chi connectivity index (χ1v) is 7.92. The Morgan fingerprint density at radius 3 is 2.70 bits per heavy atom. The van der Waals surface area contributed by atoms with Crippen LogP contribution in [0.4, 0.5) is 0 Å². The molecule has 2 heterocycles. The van der Waals surface area contributed by atoms with Gasteiger partial charge in [-0.25, -0.2) is 0 Å². The SMILES string of the molecule is Cc1noc(C2CCCN2C(=O)c2ccc(OC(C)C)cc2)n1. The summed E-state index contributed by atoms with van der Waals surface area (Å²) >= 11 is 0. The minimum Gasteiger partial charge on any atom is -0.491 e. The zero-order valence-corrected chi connectivity index (χ0v) is 13.7. The molecule has 1 amide bonds. The van der Waals surface area contributed by atoms with E-state index < -0.39 is 0 Å². The van der Waals surface area contributed by atoms with Crippen molar-refractivity contribution in [2.75, 3.05) is 6.54 Å². The van der Waals surface area contributed by atoms with Gasteiger partial charge < -0.3 is 14.2 Å². The molecule has 0 spiro atoms. The molecule has 122 valence electrons. The van der Waals surface area contributed by atoms with Crippen molar-refractivity contribution in [3.05, 3.63) is 41.5 Å². The number of ether oxygens (including phenoxy) is 1. The maximum absolute atomic E-state index is 12.8. The number of carbonyl (C=O) groups is 1. The van der Waals surface area contributed by atoms with Crippen LogP contribution in [0.5, 0.6) is 5.75 Å². The van der Waals surface area contributed by atoms with Crippen molar-refractivity contribution in [3.8, 4) is 5.75 Å². The Labute approximate surface area is 135 Å². The molecule has 1 aromatic heterocycles.